The average molecular weight is 271 g/mol. The number of piperazine rings is 1. The Balaban J connectivity index is 2.38. The van der Waals surface area contributed by atoms with Crippen molar-refractivity contribution in [2.24, 2.45) is 5.73 Å². The quantitative estimate of drug-likeness (QED) is 0.660. The Morgan fingerprint density at radius 2 is 2.16 bits per heavy atom. The summed E-state index contributed by atoms with van der Waals surface area (Å²) >= 11 is 0. The number of carbonyl (C=O) groups excluding carboxylic acids is 1. The minimum Gasteiger partial charge on any atom is -0.380 e. The van der Waals surface area contributed by atoms with Crippen molar-refractivity contribution in [3.63, 3.8) is 0 Å². The Morgan fingerprint density at radius 3 is 2.79 bits per heavy atom. The smallest absolute Gasteiger partial charge is 0.222 e. The Bertz CT molecular complexity index is 261. The van der Waals surface area contributed by atoms with Gasteiger partial charge >= 0.3 is 0 Å². The van der Waals surface area contributed by atoms with Crippen molar-refractivity contribution < 1.29 is 9.53 Å². The summed E-state index contributed by atoms with van der Waals surface area (Å²) in [6.07, 6.45) is 2.46. The van der Waals surface area contributed by atoms with Gasteiger partial charge in [0, 0.05) is 45.2 Å². The van der Waals surface area contributed by atoms with E-state index in [9.17, 15) is 4.79 Å². The molecule has 1 heterocycles. The molecule has 0 spiro atoms. The lowest BCUT2D eigenvalue weighted by molar-refractivity contribution is -0.134. The van der Waals surface area contributed by atoms with E-state index in [-0.39, 0.29) is 5.91 Å². The Hall–Kier alpha value is -0.650. The zero-order valence-electron chi connectivity index (χ0n) is 12.4. The van der Waals surface area contributed by atoms with Crippen LogP contribution in [0.3, 0.4) is 0 Å². The van der Waals surface area contributed by atoms with E-state index >= 15 is 0 Å². The molecule has 1 atom stereocenters. The molecule has 0 aliphatic carbocycles. The lowest BCUT2D eigenvalue weighted by Crippen LogP contribution is -2.55. The number of hydrogen-bond acceptors (Lipinski definition) is 4. The molecule has 1 fully saturated rings. The number of amides is 1. The third kappa shape index (κ3) is 5.47. The zero-order chi connectivity index (χ0) is 14.1. The molecule has 1 unspecified atom stereocenters. The molecule has 19 heavy (non-hydrogen) atoms. The number of hydrogen-bond donors (Lipinski definition) is 1. The molecule has 1 amide bonds. The van der Waals surface area contributed by atoms with Crippen LogP contribution in [0.1, 0.15) is 33.1 Å². The maximum Gasteiger partial charge on any atom is 0.222 e. The van der Waals surface area contributed by atoms with Gasteiger partial charge in [-0.1, -0.05) is 6.92 Å². The van der Waals surface area contributed by atoms with Crippen molar-refractivity contribution in [3.8, 4) is 0 Å². The standard InChI is InChI=1S/C14H29N3O2/c1-3-13-12-17(14(18)6-5-7-15)9-8-16(13)10-11-19-4-2/h13H,3-12,15H2,1-2H3. The van der Waals surface area contributed by atoms with E-state index in [0.29, 0.717) is 19.0 Å². The van der Waals surface area contributed by atoms with Gasteiger partial charge in [-0.05, 0) is 26.3 Å². The van der Waals surface area contributed by atoms with Gasteiger partial charge in [0.2, 0.25) is 5.91 Å². The van der Waals surface area contributed by atoms with Crippen LogP contribution in [0.25, 0.3) is 0 Å². The molecular formula is C14H29N3O2. The van der Waals surface area contributed by atoms with Gasteiger partial charge in [0.05, 0.1) is 6.61 Å². The van der Waals surface area contributed by atoms with Crippen LogP contribution in [-0.2, 0) is 9.53 Å². The number of nitrogens with two attached hydrogens (primary N) is 1. The topological polar surface area (TPSA) is 58.8 Å². The summed E-state index contributed by atoms with van der Waals surface area (Å²) in [7, 11) is 0. The first-order valence-electron chi connectivity index (χ1n) is 7.52. The number of carbonyl (C=O) groups is 1. The minimum absolute atomic E-state index is 0.258. The summed E-state index contributed by atoms with van der Waals surface area (Å²) < 4.78 is 5.42. The Kier molecular flexibility index (Phi) is 8.02. The molecule has 0 radical (unpaired) electrons. The van der Waals surface area contributed by atoms with Crippen LogP contribution in [0.5, 0.6) is 0 Å². The van der Waals surface area contributed by atoms with E-state index < -0.39 is 0 Å². The Labute approximate surface area is 117 Å². The van der Waals surface area contributed by atoms with Gasteiger partial charge in [-0.15, -0.1) is 0 Å². The molecule has 5 heteroatoms. The van der Waals surface area contributed by atoms with Crippen molar-refractivity contribution >= 4 is 5.91 Å². The van der Waals surface area contributed by atoms with Crippen LogP contribution in [0.4, 0.5) is 0 Å². The number of ether oxygens (including phenoxy) is 1. The van der Waals surface area contributed by atoms with E-state index in [4.69, 9.17) is 10.5 Å². The lowest BCUT2D eigenvalue weighted by atomic mass is 10.1. The van der Waals surface area contributed by atoms with Gasteiger partial charge in [0.15, 0.2) is 0 Å². The summed E-state index contributed by atoms with van der Waals surface area (Å²) in [4.78, 5) is 16.5. The van der Waals surface area contributed by atoms with Crippen molar-refractivity contribution in [1.82, 2.24) is 9.80 Å². The van der Waals surface area contributed by atoms with Gasteiger partial charge in [-0.2, -0.15) is 0 Å². The molecule has 0 aromatic carbocycles. The van der Waals surface area contributed by atoms with Crippen molar-refractivity contribution in [3.05, 3.63) is 0 Å². The zero-order valence-corrected chi connectivity index (χ0v) is 12.4. The molecule has 0 aromatic rings. The monoisotopic (exact) mass is 271 g/mol. The largest absolute Gasteiger partial charge is 0.380 e. The molecule has 0 bridgehead atoms. The van der Waals surface area contributed by atoms with E-state index in [2.05, 4.69) is 11.8 Å². The van der Waals surface area contributed by atoms with Crippen molar-refractivity contribution in [2.75, 3.05) is 45.9 Å². The van der Waals surface area contributed by atoms with Gasteiger partial charge in [-0.3, -0.25) is 9.69 Å². The van der Waals surface area contributed by atoms with Crippen LogP contribution in [0.2, 0.25) is 0 Å². The van der Waals surface area contributed by atoms with Crippen molar-refractivity contribution in [2.45, 2.75) is 39.2 Å². The van der Waals surface area contributed by atoms with E-state index in [1.807, 2.05) is 11.8 Å². The van der Waals surface area contributed by atoms with E-state index in [0.717, 1.165) is 52.2 Å². The SMILES string of the molecule is CCOCCN1CCN(C(=O)CCCN)CC1CC. The second-order valence-corrected chi connectivity index (χ2v) is 5.03. The highest BCUT2D eigenvalue weighted by atomic mass is 16.5. The third-order valence-corrected chi connectivity index (χ3v) is 3.75. The fourth-order valence-electron chi connectivity index (χ4n) is 2.54. The second-order valence-electron chi connectivity index (χ2n) is 5.03. The predicted octanol–water partition coefficient (Wildman–Crippen LogP) is 0.685. The highest BCUT2D eigenvalue weighted by Gasteiger charge is 2.27. The highest BCUT2D eigenvalue weighted by molar-refractivity contribution is 5.76. The van der Waals surface area contributed by atoms with Crippen LogP contribution < -0.4 is 5.73 Å². The number of rotatable bonds is 8. The molecule has 112 valence electrons. The molecule has 1 aliphatic heterocycles. The normalized spacial score (nSPS) is 20.8. The third-order valence-electron chi connectivity index (χ3n) is 3.75. The summed E-state index contributed by atoms with van der Waals surface area (Å²) in [5.41, 5.74) is 5.46. The molecular weight excluding hydrogens is 242 g/mol. The van der Waals surface area contributed by atoms with Crippen LogP contribution in [0, 0.1) is 0 Å². The first-order valence-corrected chi connectivity index (χ1v) is 7.52. The highest BCUT2D eigenvalue weighted by Crippen LogP contribution is 2.14. The fraction of sp³-hybridized carbons (Fsp3) is 0.929. The van der Waals surface area contributed by atoms with Crippen LogP contribution in [0.15, 0.2) is 0 Å². The van der Waals surface area contributed by atoms with Gasteiger partial charge in [0.25, 0.3) is 0 Å². The van der Waals surface area contributed by atoms with Gasteiger partial charge in [-0.25, -0.2) is 0 Å². The molecule has 1 saturated heterocycles. The summed E-state index contributed by atoms with van der Waals surface area (Å²) in [6, 6.07) is 0.469. The molecule has 1 aliphatic rings. The summed E-state index contributed by atoms with van der Waals surface area (Å²) in [5.74, 6) is 0.258. The first-order chi connectivity index (χ1) is 9.22. The van der Waals surface area contributed by atoms with Gasteiger partial charge < -0.3 is 15.4 Å². The van der Waals surface area contributed by atoms with E-state index in [1.165, 1.54) is 0 Å². The van der Waals surface area contributed by atoms with Crippen molar-refractivity contribution in [1.29, 1.82) is 0 Å². The van der Waals surface area contributed by atoms with Crippen LogP contribution >= 0.6 is 0 Å². The Morgan fingerprint density at radius 1 is 1.37 bits per heavy atom. The summed E-state index contributed by atoms with van der Waals surface area (Å²) in [5, 5.41) is 0. The summed E-state index contributed by atoms with van der Waals surface area (Å²) in [6.45, 7) is 9.98. The maximum atomic E-state index is 12.0. The van der Waals surface area contributed by atoms with Gasteiger partial charge in [0.1, 0.15) is 0 Å². The molecule has 5 nitrogen and oxygen atoms in total. The average Bonchev–Trinajstić information content (AvgIpc) is 2.45. The van der Waals surface area contributed by atoms with Crippen LogP contribution in [-0.4, -0.2) is 67.7 Å². The molecule has 1 rings (SSSR count). The predicted molar refractivity (Wildman–Crippen MR) is 77.0 cm³/mol. The molecule has 0 aromatic heterocycles. The maximum absolute atomic E-state index is 12.0. The minimum atomic E-state index is 0.258. The number of nitrogens with zero attached hydrogens (tertiary/aromatic N) is 2. The molecule has 0 saturated carbocycles. The fourth-order valence-corrected chi connectivity index (χ4v) is 2.54. The van der Waals surface area contributed by atoms with E-state index in [1.54, 1.807) is 0 Å². The first kappa shape index (κ1) is 16.4. The second kappa shape index (κ2) is 9.28. The molecule has 2 N–H and O–H groups in total. The lowest BCUT2D eigenvalue weighted by Gasteiger charge is -2.41.